The Kier molecular flexibility index (Phi) is 4.52. The van der Waals surface area contributed by atoms with E-state index in [2.05, 4.69) is 34.0 Å². The summed E-state index contributed by atoms with van der Waals surface area (Å²) >= 11 is 1.79. The van der Waals surface area contributed by atoms with Crippen LogP contribution in [0.5, 0.6) is 0 Å². The summed E-state index contributed by atoms with van der Waals surface area (Å²) in [6, 6.07) is 12.2. The Bertz CT molecular complexity index is 856. The van der Waals surface area contributed by atoms with Crippen molar-refractivity contribution < 1.29 is 4.79 Å². The van der Waals surface area contributed by atoms with Gasteiger partial charge in [0.1, 0.15) is 0 Å². The standard InChI is InChI=1S/C19H20N4OS/c24-19(22-10-6-18-17(13-22)7-11-25-18)20-12-15-4-1-2-5-16(15)14-23-9-3-8-21-23/h1-5,7-9,11H,6,10,12-14H2,(H,20,24). The van der Waals surface area contributed by atoms with Gasteiger partial charge < -0.3 is 10.2 Å². The van der Waals surface area contributed by atoms with E-state index in [1.165, 1.54) is 16.0 Å². The summed E-state index contributed by atoms with van der Waals surface area (Å²) in [7, 11) is 0. The summed E-state index contributed by atoms with van der Waals surface area (Å²) in [6.45, 7) is 2.73. The van der Waals surface area contributed by atoms with Crippen LogP contribution in [0.2, 0.25) is 0 Å². The third kappa shape index (κ3) is 3.58. The van der Waals surface area contributed by atoms with E-state index in [1.54, 1.807) is 17.5 Å². The maximum absolute atomic E-state index is 12.5. The first-order valence-electron chi connectivity index (χ1n) is 8.42. The first-order valence-corrected chi connectivity index (χ1v) is 9.30. The number of amides is 2. The molecule has 0 bridgehead atoms. The van der Waals surface area contributed by atoms with Crippen molar-refractivity contribution >= 4 is 17.4 Å². The number of rotatable bonds is 4. The molecule has 1 aliphatic heterocycles. The molecular weight excluding hydrogens is 332 g/mol. The SMILES string of the molecule is O=C(NCc1ccccc1Cn1cccn1)N1CCc2sccc2C1. The Labute approximate surface area is 150 Å². The molecule has 6 heteroatoms. The minimum atomic E-state index is 0.00532. The number of hydrogen-bond donors (Lipinski definition) is 1. The van der Waals surface area contributed by atoms with Gasteiger partial charge in [0.05, 0.1) is 6.54 Å². The molecule has 128 valence electrons. The molecule has 0 spiro atoms. The molecule has 5 nitrogen and oxygen atoms in total. The zero-order chi connectivity index (χ0) is 17.1. The lowest BCUT2D eigenvalue weighted by Gasteiger charge is -2.27. The van der Waals surface area contributed by atoms with Gasteiger partial charge in [0.15, 0.2) is 0 Å². The maximum Gasteiger partial charge on any atom is 0.317 e. The summed E-state index contributed by atoms with van der Waals surface area (Å²) in [5.41, 5.74) is 3.58. The fraction of sp³-hybridized carbons (Fsp3) is 0.263. The highest BCUT2D eigenvalue weighted by atomic mass is 32.1. The van der Waals surface area contributed by atoms with Crippen LogP contribution in [0, 0.1) is 0 Å². The molecule has 0 saturated carbocycles. The van der Waals surface area contributed by atoms with E-state index in [4.69, 9.17) is 0 Å². The van der Waals surface area contributed by atoms with Crippen molar-refractivity contribution in [3.8, 4) is 0 Å². The third-order valence-electron chi connectivity index (χ3n) is 4.53. The van der Waals surface area contributed by atoms with Crippen LogP contribution in [0.4, 0.5) is 4.79 Å². The number of urea groups is 1. The largest absolute Gasteiger partial charge is 0.334 e. The highest BCUT2D eigenvalue weighted by molar-refractivity contribution is 7.10. The van der Waals surface area contributed by atoms with Crippen LogP contribution in [0.15, 0.2) is 54.2 Å². The van der Waals surface area contributed by atoms with Crippen molar-refractivity contribution in [2.45, 2.75) is 26.1 Å². The number of carbonyl (C=O) groups excluding carboxylic acids is 1. The van der Waals surface area contributed by atoms with Gasteiger partial charge in [0.2, 0.25) is 0 Å². The number of fused-ring (bicyclic) bond motifs is 1. The van der Waals surface area contributed by atoms with Gasteiger partial charge in [0, 0.05) is 36.9 Å². The Morgan fingerprint density at radius 3 is 2.92 bits per heavy atom. The second-order valence-corrected chi connectivity index (χ2v) is 7.17. The fourth-order valence-corrected chi connectivity index (χ4v) is 4.05. The van der Waals surface area contributed by atoms with E-state index in [9.17, 15) is 4.79 Å². The molecular formula is C19H20N4OS. The highest BCUT2D eigenvalue weighted by Gasteiger charge is 2.21. The second-order valence-electron chi connectivity index (χ2n) is 6.17. The minimum absolute atomic E-state index is 0.00532. The number of benzene rings is 1. The minimum Gasteiger partial charge on any atom is -0.334 e. The van der Waals surface area contributed by atoms with E-state index in [-0.39, 0.29) is 6.03 Å². The lowest BCUT2D eigenvalue weighted by Crippen LogP contribution is -2.42. The quantitative estimate of drug-likeness (QED) is 0.783. The molecule has 2 amide bonds. The van der Waals surface area contributed by atoms with Gasteiger partial charge in [-0.05, 0) is 40.6 Å². The molecule has 0 radical (unpaired) electrons. The number of thiophene rings is 1. The molecule has 3 heterocycles. The first-order chi connectivity index (χ1) is 12.3. The second kappa shape index (κ2) is 7.11. The van der Waals surface area contributed by atoms with Crippen LogP contribution in [-0.4, -0.2) is 27.3 Å². The number of aromatic nitrogens is 2. The van der Waals surface area contributed by atoms with Crippen molar-refractivity contribution in [3.05, 3.63) is 75.7 Å². The van der Waals surface area contributed by atoms with Crippen LogP contribution < -0.4 is 5.32 Å². The average molecular weight is 352 g/mol. The summed E-state index contributed by atoms with van der Waals surface area (Å²) < 4.78 is 1.89. The molecule has 4 rings (SSSR count). The smallest absolute Gasteiger partial charge is 0.317 e. The number of hydrogen-bond acceptors (Lipinski definition) is 3. The average Bonchev–Trinajstić information content (AvgIpc) is 3.31. The van der Waals surface area contributed by atoms with Crippen LogP contribution in [0.25, 0.3) is 0 Å². The Hall–Kier alpha value is -2.60. The van der Waals surface area contributed by atoms with Crippen LogP contribution >= 0.6 is 11.3 Å². The Morgan fingerprint density at radius 1 is 1.20 bits per heavy atom. The molecule has 0 aliphatic carbocycles. The first kappa shape index (κ1) is 15.9. The molecule has 0 fully saturated rings. The van der Waals surface area contributed by atoms with Gasteiger partial charge in [-0.25, -0.2) is 4.79 Å². The molecule has 0 saturated heterocycles. The van der Waals surface area contributed by atoms with Crippen molar-refractivity contribution in [1.29, 1.82) is 0 Å². The van der Waals surface area contributed by atoms with Gasteiger partial charge in [-0.1, -0.05) is 24.3 Å². The topological polar surface area (TPSA) is 50.2 Å². The monoisotopic (exact) mass is 352 g/mol. The molecule has 2 aromatic heterocycles. The van der Waals surface area contributed by atoms with Gasteiger partial charge in [-0.2, -0.15) is 5.10 Å². The van der Waals surface area contributed by atoms with Crippen molar-refractivity contribution in [2.75, 3.05) is 6.54 Å². The van der Waals surface area contributed by atoms with E-state index in [0.29, 0.717) is 19.6 Å². The molecule has 1 N–H and O–H groups in total. The van der Waals surface area contributed by atoms with Gasteiger partial charge >= 0.3 is 6.03 Å². The zero-order valence-corrected chi connectivity index (χ0v) is 14.7. The van der Waals surface area contributed by atoms with Crippen molar-refractivity contribution in [1.82, 2.24) is 20.0 Å². The zero-order valence-electron chi connectivity index (χ0n) is 13.9. The van der Waals surface area contributed by atoms with Crippen molar-refractivity contribution in [2.24, 2.45) is 0 Å². The Morgan fingerprint density at radius 2 is 2.08 bits per heavy atom. The summed E-state index contributed by atoms with van der Waals surface area (Å²) in [6.07, 6.45) is 4.68. The Balaban J connectivity index is 1.39. The van der Waals surface area contributed by atoms with Gasteiger partial charge in [-0.3, -0.25) is 4.68 Å². The van der Waals surface area contributed by atoms with Gasteiger partial charge in [-0.15, -0.1) is 11.3 Å². The van der Waals surface area contributed by atoms with E-state index in [1.807, 2.05) is 34.0 Å². The number of nitrogens with one attached hydrogen (secondary N) is 1. The van der Waals surface area contributed by atoms with E-state index in [0.717, 1.165) is 18.5 Å². The molecule has 0 atom stereocenters. The fourth-order valence-electron chi connectivity index (χ4n) is 3.16. The summed E-state index contributed by atoms with van der Waals surface area (Å²) in [5, 5.41) is 9.44. The van der Waals surface area contributed by atoms with Crippen molar-refractivity contribution in [3.63, 3.8) is 0 Å². The van der Waals surface area contributed by atoms with Crippen LogP contribution in [-0.2, 0) is 26.1 Å². The molecule has 0 unspecified atom stereocenters. The van der Waals surface area contributed by atoms with Gasteiger partial charge in [0.25, 0.3) is 0 Å². The lowest BCUT2D eigenvalue weighted by atomic mass is 10.1. The predicted molar refractivity (Wildman–Crippen MR) is 98.4 cm³/mol. The van der Waals surface area contributed by atoms with Crippen LogP contribution in [0.3, 0.4) is 0 Å². The maximum atomic E-state index is 12.5. The predicted octanol–water partition coefficient (Wildman–Crippen LogP) is 3.26. The summed E-state index contributed by atoms with van der Waals surface area (Å²) in [5.74, 6) is 0. The van der Waals surface area contributed by atoms with Crippen LogP contribution in [0.1, 0.15) is 21.6 Å². The number of carbonyl (C=O) groups is 1. The van der Waals surface area contributed by atoms with E-state index >= 15 is 0 Å². The highest BCUT2D eigenvalue weighted by Crippen LogP contribution is 2.24. The normalized spacial score (nSPS) is 13.5. The van der Waals surface area contributed by atoms with E-state index < -0.39 is 0 Å². The lowest BCUT2D eigenvalue weighted by molar-refractivity contribution is 0.192. The third-order valence-corrected chi connectivity index (χ3v) is 5.56. The molecule has 1 aromatic carbocycles. The number of nitrogens with zero attached hydrogens (tertiary/aromatic N) is 3. The molecule has 3 aromatic rings. The molecule has 25 heavy (non-hydrogen) atoms. The summed E-state index contributed by atoms with van der Waals surface area (Å²) in [4.78, 5) is 15.8. The molecule has 1 aliphatic rings.